The molecule has 1 aromatic rings. The van der Waals surface area contributed by atoms with Crippen LogP contribution in [0.3, 0.4) is 0 Å². The third-order valence-electron chi connectivity index (χ3n) is 3.70. The molecule has 0 amide bonds. The summed E-state index contributed by atoms with van der Waals surface area (Å²) in [5, 5.41) is 0.510. The Balaban J connectivity index is 0.00000220. The highest BCUT2D eigenvalue weighted by atomic mass is 35.5. The Morgan fingerprint density at radius 3 is 2.57 bits per heavy atom. The molecule has 1 saturated carbocycles. The molecule has 1 fully saturated rings. The predicted molar refractivity (Wildman–Crippen MR) is 88.8 cm³/mol. The van der Waals surface area contributed by atoms with Crippen molar-refractivity contribution in [2.24, 2.45) is 11.7 Å². The Morgan fingerprint density at radius 1 is 1.24 bits per heavy atom. The van der Waals surface area contributed by atoms with Gasteiger partial charge in [-0.2, -0.15) is 0 Å². The van der Waals surface area contributed by atoms with E-state index in [0.717, 1.165) is 25.7 Å². The maximum atomic E-state index is 12.4. The molecule has 0 aromatic heterocycles. The molecule has 3 N–H and O–H groups in total. The molecule has 4 nitrogen and oxygen atoms in total. The topological polar surface area (TPSA) is 72.2 Å². The highest BCUT2D eigenvalue weighted by Crippen LogP contribution is 2.28. The molecule has 0 bridgehead atoms. The minimum atomic E-state index is -3.68. The minimum absolute atomic E-state index is 0. The third-order valence-corrected chi connectivity index (χ3v) is 5.91. The second-order valence-corrected chi connectivity index (χ2v) is 7.61. The van der Waals surface area contributed by atoms with Crippen LogP contribution >= 0.6 is 35.6 Å². The lowest BCUT2D eigenvalue weighted by Crippen LogP contribution is -2.44. The van der Waals surface area contributed by atoms with Crippen molar-refractivity contribution in [1.82, 2.24) is 4.72 Å². The quantitative estimate of drug-likeness (QED) is 0.851. The van der Waals surface area contributed by atoms with Crippen molar-refractivity contribution in [2.75, 3.05) is 6.54 Å². The van der Waals surface area contributed by atoms with E-state index in [1.807, 2.05) is 0 Å². The SMILES string of the molecule is Cl.NCC1CCCCC1NS(=O)(=O)c1cc(Cl)ccc1Cl. The lowest BCUT2D eigenvalue weighted by atomic mass is 9.85. The summed E-state index contributed by atoms with van der Waals surface area (Å²) in [5.41, 5.74) is 5.72. The van der Waals surface area contributed by atoms with Crippen LogP contribution in [-0.2, 0) is 10.0 Å². The summed E-state index contributed by atoms with van der Waals surface area (Å²) >= 11 is 11.8. The van der Waals surface area contributed by atoms with Gasteiger partial charge in [0.1, 0.15) is 4.90 Å². The van der Waals surface area contributed by atoms with Gasteiger partial charge in [0.2, 0.25) is 10.0 Å². The lowest BCUT2D eigenvalue weighted by molar-refractivity contribution is 0.296. The van der Waals surface area contributed by atoms with Crippen LogP contribution in [0.25, 0.3) is 0 Å². The first-order valence-corrected chi connectivity index (χ1v) is 8.85. The van der Waals surface area contributed by atoms with Gasteiger partial charge in [-0.05, 0) is 43.5 Å². The number of benzene rings is 1. The Bertz CT molecular complexity index is 581. The van der Waals surface area contributed by atoms with Crippen LogP contribution in [0.1, 0.15) is 25.7 Å². The van der Waals surface area contributed by atoms with Gasteiger partial charge in [-0.15, -0.1) is 12.4 Å². The first-order valence-electron chi connectivity index (χ1n) is 6.61. The molecule has 0 aliphatic heterocycles. The lowest BCUT2D eigenvalue weighted by Gasteiger charge is -2.31. The smallest absolute Gasteiger partial charge is 0.242 e. The Morgan fingerprint density at radius 2 is 1.90 bits per heavy atom. The van der Waals surface area contributed by atoms with E-state index in [-0.39, 0.29) is 34.3 Å². The van der Waals surface area contributed by atoms with Gasteiger partial charge in [0.15, 0.2) is 0 Å². The van der Waals surface area contributed by atoms with E-state index >= 15 is 0 Å². The van der Waals surface area contributed by atoms with Gasteiger partial charge in [0.25, 0.3) is 0 Å². The van der Waals surface area contributed by atoms with Crippen molar-refractivity contribution < 1.29 is 8.42 Å². The molecule has 0 spiro atoms. The molecule has 2 unspecified atom stereocenters. The molecule has 0 heterocycles. The molecule has 0 radical (unpaired) electrons. The van der Waals surface area contributed by atoms with Crippen molar-refractivity contribution >= 4 is 45.6 Å². The zero-order valence-electron chi connectivity index (χ0n) is 11.4. The summed E-state index contributed by atoms with van der Waals surface area (Å²) < 4.78 is 27.6. The van der Waals surface area contributed by atoms with E-state index in [0.29, 0.717) is 11.6 Å². The number of sulfonamides is 1. The largest absolute Gasteiger partial charge is 0.330 e. The van der Waals surface area contributed by atoms with Crippen molar-refractivity contribution in [3.05, 3.63) is 28.2 Å². The summed E-state index contributed by atoms with van der Waals surface area (Å²) in [6, 6.07) is 4.28. The first kappa shape index (κ1) is 19.0. The van der Waals surface area contributed by atoms with Crippen LogP contribution in [0.2, 0.25) is 10.0 Å². The van der Waals surface area contributed by atoms with E-state index in [2.05, 4.69) is 4.72 Å². The molecule has 21 heavy (non-hydrogen) atoms. The summed E-state index contributed by atoms with van der Waals surface area (Å²) in [7, 11) is -3.68. The molecule has 2 rings (SSSR count). The summed E-state index contributed by atoms with van der Waals surface area (Å²) in [6.45, 7) is 0.483. The second kappa shape index (κ2) is 7.99. The monoisotopic (exact) mass is 372 g/mol. The van der Waals surface area contributed by atoms with E-state index in [4.69, 9.17) is 28.9 Å². The highest BCUT2D eigenvalue weighted by molar-refractivity contribution is 7.89. The molecule has 8 heteroatoms. The first-order chi connectivity index (χ1) is 9.44. The summed E-state index contributed by atoms with van der Waals surface area (Å²) in [5.74, 6) is 0.177. The number of rotatable bonds is 4. The van der Waals surface area contributed by atoms with Crippen molar-refractivity contribution in [3.63, 3.8) is 0 Å². The number of hydrogen-bond acceptors (Lipinski definition) is 3. The number of nitrogens with two attached hydrogens (primary N) is 1. The van der Waals surface area contributed by atoms with Gasteiger partial charge in [-0.25, -0.2) is 13.1 Å². The Labute approximate surface area is 141 Å². The fraction of sp³-hybridized carbons (Fsp3) is 0.538. The normalized spacial score (nSPS) is 22.6. The predicted octanol–water partition coefficient (Wildman–Crippen LogP) is 3.21. The molecule has 0 saturated heterocycles. The molecule has 120 valence electrons. The molecule has 1 aromatic carbocycles. The molecule has 1 aliphatic carbocycles. The molecular formula is C13H19Cl3N2O2S. The van der Waals surface area contributed by atoms with Gasteiger partial charge >= 0.3 is 0 Å². The summed E-state index contributed by atoms with van der Waals surface area (Å²) in [6.07, 6.45) is 3.86. The Kier molecular flexibility index (Phi) is 7.24. The van der Waals surface area contributed by atoms with Crippen LogP contribution < -0.4 is 10.5 Å². The molecule has 2 atom stereocenters. The highest BCUT2D eigenvalue weighted by Gasteiger charge is 2.29. The van der Waals surface area contributed by atoms with Crippen LogP contribution in [0.4, 0.5) is 0 Å². The van der Waals surface area contributed by atoms with Crippen LogP contribution in [0.5, 0.6) is 0 Å². The van der Waals surface area contributed by atoms with Crippen LogP contribution in [0.15, 0.2) is 23.1 Å². The van der Waals surface area contributed by atoms with Gasteiger partial charge < -0.3 is 5.73 Å². The standard InChI is InChI=1S/C13H18Cl2N2O2S.ClH/c14-10-5-6-11(15)13(7-10)20(18,19)17-12-4-2-1-3-9(12)8-16;/h5-7,9,12,17H,1-4,8,16H2;1H. The average Bonchev–Trinajstić information content (AvgIpc) is 2.41. The zero-order chi connectivity index (χ0) is 14.8. The van der Waals surface area contributed by atoms with Crippen molar-refractivity contribution in [2.45, 2.75) is 36.6 Å². The zero-order valence-corrected chi connectivity index (χ0v) is 14.5. The fourth-order valence-corrected chi connectivity index (χ4v) is 4.69. The van der Waals surface area contributed by atoms with Crippen LogP contribution in [0, 0.1) is 5.92 Å². The molecule has 1 aliphatic rings. The minimum Gasteiger partial charge on any atom is -0.330 e. The second-order valence-electron chi connectivity index (χ2n) is 5.08. The molecular weight excluding hydrogens is 355 g/mol. The van der Waals surface area contributed by atoms with Gasteiger partial charge in [-0.1, -0.05) is 36.0 Å². The van der Waals surface area contributed by atoms with E-state index < -0.39 is 10.0 Å². The van der Waals surface area contributed by atoms with E-state index in [1.165, 1.54) is 12.1 Å². The fourth-order valence-electron chi connectivity index (χ4n) is 2.59. The van der Waals surface area contributed by atoms with Gasteiger partial charge in [-0.3, -0.25) is 0 Å². The van der Waals surface area contributed by atoms with Gasteiger partial charge in [0.05, 0.1) is 5.02 Å². The Hall–Kier alpha value is -0.0400. The maximum absolute atomic E-state index is 12.4. The number of hydrogen-bond donors (Lipinski definition) is 2. The summed E-state index contributed by atoms with van der Waals surface area (Å²) in [4.78, 5) is 0.0213. The third kappa shape index (κ3) is 4.71. The van der Waals surface area contributed by atoms with Crippen molar-refractivity contribution in [1.29, 1.82) is 0 Å². The van der Waals surface area contributed by atoms with Gasteiger partial charge in [0, 0.05) is 11.1 Å². The van der Waals surface area contributed by atoms with Crippen LogP contribution in [-0.4, -0.2) is 21.0 Å². The van der Waals surface area contributed by atoms with E-state index in [1.54, 1.807) is 6.07 Å². The number of halogens is 3. The maximum Gasteiger partial charge on any atom is 0.242 e. The average molecular weight is 374 g/mol. The number of nitrogens with one attached hydrogen (secondary N) is 1. The van der Waals surface area contributed by atoms with Crippen molar-refractivity contribution in [3.8, 4) is 0 Å². The van der Waals surface area contributed by atoms with E-state index in [9.17, 15) is 8.42 Å².